The molecule has 0 aliphatic heterocycles. The van der Waals surface area contributed by atoms with Crippen molar-refractivity contribution < 1.29 is 14.8 Å². The van der Waals surface area contributed by atoms with E-state index in [9.17, 15) is 20.0 Å². The number of nitro groups is 1. The number of likely N-dealkylation sites (N-methyl/N-ethyl adjacent to an activating group) is 1. The summed E-state index contributed by atoms with van der Waals surface area (Å²) >= 11 is 1.35. The molecule has 0 radical (unpaired) electrons. The van der Waals surface area contributed by atoms with Crippen molar-refractivity contribution in [2.75, 3.05) is 12.3 Å². The molecule has 7 heteroatoms. The van der Waals surface area contributed by atoms with E-state index < -0.39 is 16.4 Å². The molecule has 1 unspecified atom stereocenters. The molecule has 2 N–H and O–H groups in total. The van der Waals surface area contributed by atoms with Crippen LogP contribution >= 0.6 is 11.8 Å². The van der Waals surface area contributed by atoms with Gasteiger partial charge in [-0.25, -0.2) is 0 Å². The maximum atomic E-state index is 11.2. The van der Waals surface area contributed by atoms with Crippen molar-refractivity contribution >= 4 is 23.4 Å². The maximum Gasteiger partial charge on any atom is 0.324 e. The summed E-state index contributed by atoms with van der Waals surface area (Å²) < 4.78 is 0. The first-order chi connectivity index (χ1) is 8.89. The Balaban J connectivity index is 2.69. The number of thioether (sulfide) groups is 1. The van der Waals surface area contributed by atoms with E-state index in [-0.39, 0.29) is 5.69 Å². The van der Waals surface area contributed by atoms with Gasteiger partial charge in [-0.3, -0.25) is 14.9 Å². The summed E-state index contributed by atoms with van der Waals surface area (Å²) in [5.74, 6) is -0.572. The first-order valence-electron chi connectivity index (χ1n) is 5.74. The fraction of sp³-hybridized carbons (Fsp3) is 0.417. The number of hydrogen-bond acceptors (Lipinski definition) is 5. The van der Waals surface area contributed by atoms with Crippen molar-refractivity contribution in [3.8, 4) is 0 Å². The molecule has 0 saturated heterocycles. The highest BCUT2D eigenvalue weighted by atomic mass is 32.2. The molecule has 0 aliphatic rings. The number of carboxylic acid groups (broad SMARTS) is 1. The fourth-order valence-electron chi connectivity index (χ4n) is 1.47. The summed E-state index contributed by atoms with van der Waals surface area (Å²) in [5.41, 5.74) is -0.988. The van der Waals surface area contributed by atoms with Gasteiger partial charge in [-0.2, -0.15) is 0 Å². The molecule has 19 heavy (non-hydrogen) atoms. The topological polar surface area (TPSA) is 92.5 Å². The van der Waals surface area contributed by atoms with Crippen molar-refractivity contribution in [3.63, 3.8) is 0 Å². The lowest BCUT2D eigenvalue weighted by Gasteiger charge is -2.25. The second-order valence-corrected chi connectivity index (χ2v) is 5.26. The van der Waals surface area contributed by atoms with Crippen LogP contribution in [0.1, 0.15) is 13.8 Å². The number of non-ortho nitro benzene ring substituents is 1. The van der Waals surface area contributed by atoms with Crippen molar-refractivity contribution in [2.24, 2.45) is 0 Å². The van der Waals surface area contributed by atoms with Crippen LogP contribution < -0.4 is 5.32 Å². The lowest BCUT2D eigenvalue weighted by molar-refractivity contribution is -0.384. The van der Waals surface area contributed by atoms with Gasteiger partial charge in [-0.05, 0) is 25.6 Å². The SMILES string of the molecule is CCNC(C)(CSc1ccc([N+](=O)[O-])cc1)C(=O)O. The van der Waals surface area contributed by atoms with Gasteiger partial charge in [0.1, 0.15) is 5.54 Å². The standard InChI is InChI=1S/C12H16N2O4S/c1-3-13-12(2,11(15)16)8-19-10-6-4-9(5-7-10)14(17)18/h4-7,13H,3,8H2,1-2H3,(H,15,16). The zero-order chi connectivity index (χ0) is 14.5. The van der Waals surface area contributed by atoms with E-state index in [0.29, 0.717) is 12.3 Å². The Hall–Kier alpha value is -1.60. The number of carbonyl (C=O) groups is 1. The lowest BCUT2D eigenvalue weighted by Crippen LogP contribution is -2.51. The number of benzene rings is 1. The summed E-state index contributed by atoms with van der Waals surface area (Å²) in [7, 11) is 0. The van der Waals surface area contributed by atoms with Gasteiger partial charge in [-0.15, -0.1) is 11.8 Å². The molecule has 1 aromatic rings. The van der Waals surface area contributed by atoms with E-state index >= 15 is 0 Å². The predicted molar refractivity (Wildman–Crippen MR) is 73.5 cm³/mol. The average Bonchev–Trinajstić information content (AvgIpc) is 2.37. The van der Waals surface area contributed by atoms with Gasteiger partial charge in [0.15, 0.2) is 0 Å². The predicted octanol–water partition coefficient (Wildman–Crippen LogP) is 2.14. The molecule has 1 aromatic carbocycles. The van der Waals surface area contributed by atoms with Crippen LogP contribution in [-0.4, -0.2) is 33.8 Å². The van der Waals surface area contributed by atoms with Gasteiger partial charge in [0.2, 0.25) is 0 Å². The van der Waals surface area contributed by atoms with Crippen LogP contribution in [0.5, 0.6) is 0 Å². The fourth-order valence-corrected chi connectivity index (χ4v) is 2.48. The van der Waals surface area contributed by atoms with Crippen LogP contribution in [0.3, 0.4) is 0 Å². The number of nitrogens with zero attached hydrogens (tertiary/aromatic N) is 1. The summed E-state index contributed by atoms with van der Waals surface area (Å²) in [6, 6.07) is 6.06. The molecule has 0 aromatic heterocycles. The van der Waals surface area contributed by atoms with Crippen LogP contribution in [0.2, 0.25) is 0 Å². The number of nitrogens with one attached hydrogen (secondary N) is 1. The minimum Gasteiger partial charge on any atom is -0.480 e. The van der Waals surface area contributed by atoms with E-state index in [4.69, 9.17) is 0 Å². The Bertz CT molecular complexity index is 463. The summed E-state index contributed by atoms with van der Waals surface area (Å²) in [5, 5.41) is 22.6. The van der Waals surface area contributed by atoms with Crippen molar-refractivity contribution in [1.82, 2.24) is 5.32 Å². The second-order valence-electron chi connectivity index (χ2n) is 4.21. The lowest BCUT2D eigenvalue weighted by atomic mass is 10.1. The summed E-state index contributed by atoms with van der Waals surface area (Å²) in [4.78, 5) is 22.1. The first kappa shape index (κ1) is 15.5. The molecular weight excluding hydrogens is 268 g/mol. The first-order valence-corrected chi connectivity index (χ1v) is 6.73. The van der Waals surface area contributed by atoms with Crippen molar-refractivity contribution in [3.05, 3.63) is 34.4 Å². The number of carboxylic acids is 1. The third-order valence-corrected chi connectivity index (χ3v) is 3.94. The normalized spacial score (nSPS) is 13.8. The molecule has 6 nitrogen and oxygen atoms in total. The molecule has 0 amide bonds. The molecule has 1 atom stereocenters. The number of nitro benzene ring substituents is 1. The van der Waals surface area contributed by atoms with Crippen molar-refractivity contribution in [2.45, 2.75) is 24.3 Å². The smallest absolute Gasteiger partial charge is 0.324 e. The number of aliphatic carboxylic acids is 1. The van der Waals surface area contributed by atoms with Gasteiger partial charge in [-0.1, -0.05) is 6.92 Å². The zero-order valence-electron chi connectivity index (χ0n) is 10.8. The Morgan fingerprint density at radius 1 is 1.47 bits per heavy atom. The Kier molecular flexibility index (Phi) is 5.31. The molecular formula is C12H16N2O4S. The largest absolute Gasteiger partial charge is 0.480 e. The minimum atomic E-state index is -1.01. The zero-order valence-corrected chi connectivity index (χ0v) is 11.6. The summed E-state index contributed by atoms with van der Waals surface area (Å²) in [6.45, 7) is 4.03. The van der Waals surface area contributed by atoms with Gasteiger partial charge in [0.05, 0.1) is 4.92 Å². The van der Waals surface area contributed by atoms with E-state index in [1.165, 1.54) is 23.9 Å². The van der Waals surface area contributed by atoms with E-state index in [2.05, 4.69) is 5.32 Å². The van der Waals surface area contributed by atoms with Crippen LogP contribution in [0.15, 0.2) is 29.2 Å². The van der Waals surface area contributed by atoms with E-state index in [1.54, 1.807) is 19.1 Å². The maximum absolute atomic E-state index is 11.2. The van der Waals surface area contributed by atoms with Crippen LogP contribution in [-0.2, 0) is 4.79 Å². The number of rotatable bonds is 7. The molecule has 1 rings (SSSR count). The molecule has 0 bridgehead atoms. The highest BCUT2D eigenvalue weighted by molar-refractivity contribution is 7.99. The molecule has 104 valence electrons. The Morgan fingerprint density at radius 3 is 2.47 bits per heavy atom. The van der Waals surface area contributed by atoms with E-state index in [1.807, 2.05) is 6.92 Å². The number of hydrogen-bond donors (Lipinski definition) is 2. The van der Waals surface area contributed by atoms with Crippen LogP contribution in [0.25, 0.3) is 0 Å². The molecule has 0 fully saturated rings. The van der Waals surface area contributed by atoms with Crippen molar-refractivity contribution in [1.29, 1.82) is 0 Å². The third-order valence-electron chi connectivity index (χ3n) is 2.61. The van der Waals surface area contributed by atoms with E-state index in [0.717, 1.165) is 4.90 Å². The summed E-state index contributed by atoms with van der Waals surface area (Å²) in [6.07, 6.45) is 0. The third kappa shape index (κ3) is 4.22. The van der Waals surface area contributed by atoms with Gasteiger partial charge in [0, 0.05) is 22.8 Å². The molecule has 0 saturated carbocycles. The highest BCUT2D eigenvalue weighted by Gasteiger charge is 2.31. The monoisotopic (exact) mass is 284 g/mol. The van der Waals surface area contributed by atoms with Gasteiger partial charge in [0.25, 0.3) is 5.69 Å². The van der Waals surface area contributed by atoms with Gasteiger partial charge >= 0.3 is 5.97 Å². The quantitative estimate of drug-likeness (QED) is 0.453. The Labute approximate surface area is 115 Å². The van der Waals surface area contributed by atoms with Gasteiger partial charge < -0.3 is 10.4 Å². The molecule has 0 heterocycles. The highest BCUT2D eigenvalue weighted by Crippen LogP contribution is 2.25. The average molecular weight is 284 g/mol. The minimum absolute atomic E-state index is 0.0250. The van der Waals surface area contributed by atoms with Crippen LogP contribution in [0.4, 0.5) is 5.69 Å². The van der Waals surface area contributed by atoms with Crippen LogP contribution in [0, 0.1) is 10.1 Å². The molecule has 0 aliphatic carbocycles. The molecule has 0 spiro atoms. The Morgan fingerprint density at radius 2 is 2.05 bits per heavy atom. The second kappa shape index (κ2) is 6.53.